The minimum Gasteiger partial charge on any atom is -0.494 e. The fourth-order valence-electron chi connectivity index (χ4n) is 3.04. The SMILES string of the molecule is COc1cc(Cl)c(C)cc1N(CCC(=O)NC1CCCC1)S(C)(=O)=O. The summed E-state index contributed by atoms with van der Waals surface area (Å²) in [5.74, 6) is 0.224. The van der Waals surface area contributed by atoms with Gasteiger partial charge in [0.2, 0.25) is 15.9 Å². The molecule has 0 unspecified atom stereocenters. The number of benzene rings is 1. The summed E-state index contributed by atoms with van der Waals surface area (Å²) in [7, 11) is -2.12. The summed E-state index contributed by atoms with van der Waals surface area (Å²) >= 11 is 6.09. The van der Waals surface area contributed by atoms with Gasteiger partial charge in [-0.2, -0.15) is 0 Å². The Kier molecular flexibility index (Phi) is 6.57. The van der Waals surface area contributed by atoms with Gasteiger partial charge in [0.1, 0.15) is 5.75 Å². The summed E-state index contributed by atoms with van der Waals surface area (Å²) < 4.78 is 31.0. The minimum absolute atomic E-state index is 0.0504. The molecule has 1 aliphatic rings. The Hall–Kier alpha value is -1.47. The molecule has 0 radical (unpaired) electrons. The van der Waals surface area contributed by atoms with Crippen LogP contribution in [0.25, 0.3) is 0 Å². The van der Waals surface area contributed by atoms with Crippen molar-refractivity contribution in [3.05, 3.63) is 22.7 Å². The zero-order valence-electron chi connectivity index (χ0n) is 14.8. The van der Waals surface area contributed by atoms with Crippen molar-refractivity contribution in [2.24, 2.45) is 0 Å². The Balaban J connectivity index is 2.17. The molecule has 8 heteroatoms. The quantitative estimate of drug-likeness (QED) is 0.779. The maximum absolute atomic E-state index is 12.3. The first-order chi connectivity index (χ1) is 11.7. The van der Waals surface area contributed by atoms with Gasteiger partial charge >= 0.3 is 0 Å². The minimum atomic E-state index is -3.57. The van der Waals surface area contributed by atoms with Gasteiger partial charge in [0.25, 0.3) is 0 Å². The van der Waals surface area contributed by atoms with Crippen LogP contribution in [0.3, 0.4) is 0 Å². The molecule has 1 saturated carbocycles. The first-order valence-electron chi connectivity index (χ1n) is 8.33. The summed E-state index contributed by atoms with van der Waals surface area (Å²) in [6, 6.07) is 3.46. The van der Waals surface area contributed by atoms with Gasteiger partial charge in [0.05, 0.1) is 19.1 Å². The molecule has 1 fully saturated rings. The van der Waals surface area contributed by atoms with Gasteiger partial charge in [-0.1, -0.05) is 24.4 Å². The predicted molar refractivity (Wildman–Crippen MR) is 99.9 cm³/mol. The molecule has 25 heavy (non-hydrogen) atoms. The van der Waals surface area contributed by atoms with Crippen LogP contribution in [0.15, 0.2) is 12.1 Å². The lowest BCUT2D eigenvalue weighted by atomic mass is 10.2. The van der Waals surface area contributed by atoms with Crippen LogP contribution in [0.1, 0.15) is 37.7 Å². The van der Waals surface area contributed by atoms with E-state index < -0.39 is 10.0 Å². The number of halogens is 1. The summed E-state index contributed by atoms with van der Waals surface area (Å²) in [6.07, 6.45) is 5.44. The average Bonchev–Trinajstić information content (AvgIpc) is 3.02. The van der Waals surface area contributed by atoms with Crippen LogP contribution >= 0.6 is 11.6 Å². The van der Waals surface area contributed by atoms with Gasteiger partial charge in [-0.15, -0.1) is 0 Å². The van der Waals surface area contributed by atoms with E-state index in [9.17, 15) is 13.2 Å². The maximum Gasteiger partial charge on any atom is 0.232 e. The number of amides is 1. The zero-order chi connectivity index (χ0) is 18.6. The highest BCUT2D eigenvalue weighted by Crippen LogP contribution is 2.35. The van der Waals surface area contributed by atoms with E-state index in [-0.39, 0.29) is 24.9 Å². The lowest BCUT2D eigenvalue weighted by molar-refractivity contribution is -0.121. The highest BCUT2D eigenvalue weighted by molar-refractivity contribution is 7.92. The van der Waals surface area contributed by atoms with Crippen molar-refractivity contribution >= 4 is 33.2 Å². The van der Waals surface area contributed by atoms with Gasteiger partial charge in [0.15, 0.2) is 0 Å². The van der Waals surface area contributed by atoms with Gasteiger partial charge < -0.3 is 10.1 Å². The summed E-state index contributed by atoms with van der Waals surface area (Å²) in [4.78, 5) is 12.2. The fourth-order valence-corrected chi connectivity index (χ4v) is 4.12. The normalized spacial score (nSPS) is 15.2. The van der Waals surface area contributed by atoms with Crippen molar-refractivity contribution in [1.29, 1.82) is 0 Å². The van der Waals surface area contributed by atoms with Crippen molar-refractivity contribution in [2.75, 3.05) is 24.2 Å². The number of methoxy groups -OCH3 is 1. The van der Waals surface area contributed by atoms with Gasteiger partial charge in [0, 0.05) is 30.1 Å². The first kappa shape index (κ1) is 19.8. The highest BCUT2D eigenvalue weighted by atomic mass is 35.5. The smallest absolute Gasteiger partial charge is 0.232 e. The molecule has 0 heterocycles. The zero-order valence-corrected chi connectivity index (χ0v) is 16.4. The van der Waals surface area contributed by atoms with Crippen LogP contribution in [0.5, 0.6) is 5.75 Å². The van der Waals surface area contributed by atoms with E-state index in [1.165, 1.54) is 11.4 Å². The predicted octanol–water partition coefficient (Wildman–Crippen LogP) is 2.87. The van der Waals surface area contributed by atoms with E-state index >= 15 is 0 Å². The van der Waals surface area contributed by atoms with Gasteiger partial charge in [-0.05, 0) is 31.4 Å². The molecule has 0 bridgehead atoms. The molecular weight excluding hydrogens is 364 g/mol. The number of rotatable bonds is 7. The molecule has 0 aliphatic heterocycles. The van der Waals surface area contributed by atoms with Crippen LogP contribution in [-0.4, -0.2) is 40.3 Å². The van der Waals surface area contributed by atoms with E-state index in [0.717, 1.165) is 37.5 Å². The number of anilines is 1. The number of hydrogen-bond acceptors (Lipinski definition) is 4. The van der Waals surface area contributed by atoms with Crippen LogP contribution in [0.4, 0.5) is 5.69 Å². The van der Waals surface area contributed by atoms with Crippen LogP contribution < -0.4 is 14.4 Å². The summed E-state index contributed by atoms with van der Waals surface area (Å²) in [5, 5.41) is 3.47. The van der Waals surface area contributed by atoms with Crippen molar-refractivity contribution < 1.29 is 17.9 Å². The van der Waals surface area contributed by atoms with Crippen molar-refractivity contribution in [3.63, 3.8) is 0 Å². The number of ether oxygens (including phenoxy) is 1. The largest absolute Gasteiger partial charge is 0.494 e. The van der Waals surface area contributed by atoms with E-state index in [1.807, 2.05) is 0 Å². The number of sulfonamides is 1. The third kappa shape index (κ3) is 5.25. The molecule has 1 amide bonds. The van der Waals surface area contributed by atoms with Crippen LogP contribution in [0.2, 0.25) is 5.02 Å². The molecule has 2 rings (SSSR count). The molecule has 0 spiro atoms. The molecule has 0 saturated heterocycles. The molecule has 0 aromatic heterocycles. The topological polar surface area (TPSA) is 75.7 Å². The second-order valence-corrected chi connectivity index (χ2v) is 8.72. The number of carbonyl (C=O) groups excluding carboxylic acids is 1. The fraction of sp³-hybridized carbons (Fsp3) is 0.588. The first-order valence-corrected chi connectivity index (χ1v) is 10.6. The molecule has 6 nitrogen and oxygen atoms in total. The third-order valence-corrected chi connectivity index (χ3v) is 5.98. The van der Waals surface area contributed by atoms with E-state index in [4.69, 9.17) is 16.3 Å². The van der Waals surface area contributed by atoms with E-state index in [1.54, 1.807) is 19.1 Å². The lowest BCUT2D eigenvalue weighted by Gasteiger charge is -2.25. The molecule has 1 N–H and O–H groups in total. The van der Waals surface area contributed by atoms with Crippen molar-refractivity contribution in [3.8, 4) is 5.75 Å². The number of carbonyl (C=O) groups is 1. The lowest BCUT2D eigenvalue weighted by Crippen LogP contribution is -2.37. The van der Waals surface area contributed by atoms with Crippen molar-refractivity contribution in [2.45, 2.75) is 45.1 Å². The second-order valence-electron chi connectivity index (χ2n) is 6.41. The Morgan fingerprint density at radius 3 is 2.56 bits per heavy atom. The number of hydrogen-bond donors (Lipinski definition) is 1. The standard InChI is InChI=1S/C17H25ClN2O4S/c1-12-10-15(16(24-2)11-14(12)18)20(25(3,22)23)9-8-17(21)19-13-6-4-5-7-13/h10-11,13H,4-9H2,1-3H3,(H,19,21). The maximum atomic E-state index is 12.3. The molecule has 140 valence electrons. The van der Waals surface area contributed by atoms with Crippen LogP contribution in [-0.2, 0) is 14.8 Å². The van der Waals surface area contributed by atoms with Crippen LogP contribution in [0, 0.1) is 6.92 Å². The monoisotopic (exact) mass is 388 g/mol. The molecule has 1 aromatic carbocycles. The number of nitrogens with zero attached hydrogens (tertiary/aromatic N) is 1. The number of nitrogens with one attached hydrogen (secondary N) is 1. The van der Waals surface area contributed by atoms with Crippen molar-refractivity contribution in [1.82, 2.24) is 5.32 Å². The highest BCUT2D eigenvalue weighted by Gasteiger charge is 2.24. The summed E-state index contributed by atoms with van der Waals surface area (Å²) in [5.41, 5.74) is 1.13. The summed E-state index contributed by atoms with van der Waals surface area (Å²) in [6.45, 7) is 1.84. The van der Waals surface area contributed by atoms with E-state index in [0.29, 0.717) is 16.5 Å². The Labute approximate surface area is 154 Å². The third-order valence-electron chi connectivity index (χ3n) is 4.39. The number of aryl methyl sites for hydroxylation is 1. The Bertz CT molecular complexity index is 730. The second kappa shape index (κ2) is 8.27. The molecule has 1 aromatic rings. The molecular formula is C17H25ClN2O4S. The Morgan fingerprint density at radius 1 is 1.36 bits per heavy atom. The Morgan fingerprint density at radius 2 is 2.00 bits per heavy atom. The average molecular weight is 389 g/mol. The molecule has 0 atom stereocenters. The van der Waals surface area contributed by atoms with E-state index in [2.05, 4.69) is 5.32 Å². The van der Waals surface area contributed by atoms with Gasteiger partial charge in [-0.25, -0.2) is 8.42 Å². The van der Waals surface area contributed by atoms with Gasteiger partial charge in [-0.3, -0.25) is 9.10 Å². The molecule has 1 aliphatic carbocycles.